The molecule has 5 nitrogen and oxygen atoms in total. The fourth-order valence-corrected chi connectivity index (χ4v) is 4.08. The number of fused-ring (bicyclic) bond motifs is 1. The van der Waals surface area contributed by atoms with Crippen LogP contribution in [0.1, 0.15) is 57.4 Å². The molecule has 124 valence electrons. The van der Waals surface area contributed by atoms with Gasteiger partial charge in [0.15, 0.2) is 5.65 Å². The lowest BCUT2D eigenvalue weighted by molar-refractivity contribution is 0.0636. The van der Waals surface area contributed by atoms with E-state index in [1.807, 2.05) is 12.3 Å². The largest absolute Gasteiger partial charge is 0.381 e. The molecule has 0 saturated carbocycles. The summed E-state index contributed by atoms with van der Waals surface area (Å²) < 4.78 is 8.06. The highest BCUT2D eigenvalue weighted by atomic mass is 16.5. The van der Waals surface area contributed by atoms with Crippen molar-refractivity contribution in [2.45, 2.75) is 57.7 Å². The fraction of sp³-hybridized carbons (Fsp3) is 0.667. The molecule has 0 aliphatic carbocycles. The van der Waals surface area contributed by atoms with Crippen LogP contribution in [0.3, 0.4) is 0 Å². The van der Waals surface area contributed by atoms with Gasteiger partial charge in [0, 0.05) is 31.3 Å². The molecule has 2 fully saturated rings. The lowest BCUT2D eigenvalue weighted by atomic mass is 10.0. The summed E-state index contributed by atoms with van der Waals surface area (Å²) in [5.41, 5.74) is 2.05. The quantitative estimate of drug-likeness (QED) is 0.871. The Balaban J connectivity index is 1.84. The van der Waals surface area contributed by atoms with Gasteiger partial charge in [-0.2, -0.15) is 0 Å². The molecular formula is C18H26N4O. The summed E-state index contributed by atoms with van der Waals surface area (Å²) in [4.78, 5) is 12.2. The van der Waals surface area contributed by atoms with Crippen LogP contribution in [0.15, 0.2) is 18.3 Å². The van der Waals surface area contributed by atoms with Crippen LogP contribution in [-0.4, -0.2) is 45.2 Å². The average Bonchev–Trinajstić information content (AvgIpc) is 3.22. The van der Waals surface area contributed by atoms with Crippen LogP contribution in [0.2, 0.25) is 0 Å². The van der Waals surface area contributed by atoms with E-state index in [2.05, 4.69) is 34.4 Å². The van der Waals surface area contributed by atoms with Gasteiger partial charge in [0.2, 0.25) is 0 Å². The van der Waals surface area contributed by atoms with Gasteiger partial charge in [0.1, 0.15) is 11.3 Å². The Hall–Kier alpha value is -1.46. The first-order valence-corrected chi connectivity index (χ1v) is 8.92. The Morgan fingerprint density at radius 2 is 2.17 bits per heavy atom. The molecule has 2 aromatic heterocycles. The highest BCUT2D eigenvalue weighted by Crippen LogP contribution is 2.35. The van der Waals surface area contributed by atoms with Crippen molar-refractivity contribution in [1.82, 2.24) is 19.4 Å². The Morgan fingerprint density at radius 3 is 2.96 bits per heavy atom. The summed E-state index contributed by atoms with van der Waals surface area (Å²) in [5.74, 6) is 1.58. The second-order valence-electron chi connectivity index (χ2n) is 7.05. The van der Waals surface area contributed by atoms with E-state index in [-0.39, 0.29) is 0 Å². The van der Waals surface area contributed by atoms with E-state index in [1.54, 1.807) is 0 Å². The highest BCUT2D eigenvalue weighted by molar-refractivity contribution is 5.71. The molecule has 23 heavy (non-hydrogen) atoms. The second kappa shape index (κ2) is 6.21. The maximum absolute atomic E-state index is 5.64. The first-order valence-electron chi connectivity index (χ1n) is 8.92. The number of piperidine rings is 1. The minimum Gasteiger partial charge on any atom is -0.381 e. The number of hydrogen-bond acceptors (Lipinski definition) is 4. The number of pyridine rings is 1. The van der Waals surface area contributed by atoms with E-state index in [0.717, 1.165) is 37.3 Å². The molecule has 0 spiro atoms. The van der Waals surface area contributed by atoms with Gasteiger partial charge in [-0.15, -0.1) is 0 Å². The molecule has 5 heteroatoms. The van der Waals surface area contributed by atoms with Gasteiger partial charge in [-0.1, -0.05) is 0 Å². The number of ether oxygens (including phenoxy) is 1. The standard InChI is InChI=1S/C18H26N4O/c1-13(2)21-10-4-3-7-16(21)22-17(14-8-11-23-12-14)20-15-6-5-9-19-18(15)22/h5-6,9,13-14,16H,3-4,7-8,10-12H2,1-2H3. The number of likely N-dealkylation sites (tertiary alicyclic amines) is 1. The Labute approximate surface area is 137 Å². The molecule has 2 saturated heterocycles. The summed E-state index contributed by atoms with van der Waals surface area (Å²) in [6, 6.07) is 4.60. The fourth-order valence-electron chi connectivity index (χ4n) is 4.08. The van der Waals surface area contributed by atoms with Gasteiger partial charge >= 0.3 is 0 Å². The first kappa shape index (κ1) is 15.1. The van der Waals surface area contributed by atoms with Gasteiger partial charge in [0.05, 0.1) is 12.8 Å². The molecule has 0 radical (unpaired) electrons. The SMILES string of the molecule is CC(C)N1CCCCC1n1c(C2CCOC2)nc2cccnc21. The van der Waals surface area contributed by atoms with Gasteiger partial charge in [-0.3, -0.25) is 9.47 Å². The molecule has 0 bridgehead atoms. The van der Waals surface area contributed by atoms with Gasteiger partial charge < -0.3 is 4.74 Å². The van der Waals surface area contributed by atoms with Crippen LogP contribution < -0.4 is 0 Å². The predicted octanol–water partition coefficient (Wildman–Crippen LogP) is 3.33. The molecule has 2 unspecified atom stereocenters. The second-order valence-corrected chi connectivity index (χ2v) is 7.05. The van der Waals surface area contributed by atoms with Crippen molar-refractivity contribution >= 4 is 11.2 Å². The highest BCUT2D eigenvalue weighted by Gasteiger charge is 2.32. The van der Waals surface area contributed by atoms with Crippen molar-refractivity contribution in [2.75, 3.05) is 19.8 Å². The van der Waals surface area contributed by atoms with Crippen molar-refractivity contribution in [3.63, 3.8) is 0 Å². The molecule has 2 aliphatic heterocycles. The van der Waals surface area contributed by atoms with E-state index in [9.17, 15) is 0 Å². The normalized spacial score (nSPS) is 26.4. The van der Waals surface area contributed by atoms with Crippen LogP contribution in [0.25, 0.3) is 11.2 Å². The number of imidazole rings is 1. The van der Waals surface area contributed by atoms with E-state index < -0.39 is 0 Å². The molecule has 2 aromatic rings. The van der Waals surface area contributed by atoms with Crippen LogP contribution in [0.5, 0.6) is 0 Å². The zero-order chi connectivity index (χ0) is 15.8. The minimum absolute atomic E-state index is 0.374. The predicted molar refractivity (Wildman–Crippen MR) is 90.4 cm³/mol. The third kappa shape index (κ3) is 2.66. The van der Waals surface area contributed by atoms with E-state index in [1.165, 1.54) is 25.1 Å². The van der Waals surface area contributed by atoms with Crippen molar-refractivity contribution in [1.29, 1.82) is 0 Å². The topological polar surface area (TPSA) is 43.2 Å². The van der Waals surface area contributed by atoms with Crippen LogP contribution >= 0.6 is 0 Å². The summed E-state index contributed by atoms with van der Waals surface area (Å²) in [6.45, 7) is 7.39. The molecular weight excluding hydrogens is 288 g/mol. The summed E-state index contributed by atoms with van der Waals surface area (Å²) >= 11 is 0. The zero-order valence-electron chi connectivity index (χ0n) is 14.1. The van der Waals surface area contributed by atoms with Gasteiger partial charge in [-0.25, -0.2) is 9.97 Å². The molecule has 4 heterocycles. The van der Waals surface area contributed by atoms with Crippen molar-refractivity contribution in [3.8, 4) is 0 Å². The van der Waals surface area contributed by atoms with E-state index >= 15 is 0 Å². The minimum atomic E-state index is 0.374. The monoisotopic (exact) mass is 314 g/mol. The van der Waals surface area contributed by atoms with Crippen molar-refractivity contribution < 1.29 is 4.74 Å². The van der Waals surface area contributed by atoms with Crippen LogP contribution in [-0.2, 0) is 4.74 Å². The lowest BCUT2D eigenvalue weighted by Gasteiger charge is -2.40. The molecule has 0 aromatic carbocycles. The first-order chi connectivity index (χ1) is 11.3. The summed E-state index contributed by atoms with van der Waals surface area (Å²) in [6.07, 6.45) is 7.08. The molecule has 0 N–H and O–H groups in total. The third-order valence-electron chi connectivity index (χ3n) is 5.24. The number of rotatable bonds is 3. The van der Waals surface area contributed by atoms with Crippen molar-refractivity contribution in [3.05, 3.63) is 24.2 Å². The Morgan fingerprint density at radius 1 is 1.26 bits per heavy atom. The summed E-state index contributed by atoms with van der Waals surface area (Å²) in [7, 11) is 0. The van der Waals surface area contributed by atoms with Crippen molar-refractivity contribution in [2.24, 2.45) is 0 Å². The van der Waals surface area contributed by atoms with Gasteiger partial charge in [0.25, 0.3) is 0 Å². The molecule has 2 aliphatic rings. The number of nitrogens with zero attached hydrogens (tertiary/aromatic N) is 4. The number of hydrogen-bond donors (Lipinski definition) is 0. The van der Waals surface area contributed by atoms with E-state index in [0.29, 0.717) is 18.1 Å². The van der Waals surface area contributed by atoms with E-state index in [4.69, 9.17) is 9.72 Å². The smallest absolute Gasteiger partial charge is 0.161 e. The van der Waals surface area contributed by atoms with Crippen LogP contribution in [0, 0.1) is 0 Å². The van der Waals surface area contributed by atoms with Gasteiger partial charge in [-0.05, 0) is 51.7 Å². The molecule has 0 amide bonds. The zero-order valence-corrected chi connectivity index (χ0v) is 14.1. The third-order valence-corrected chi connectivity index (χ3v) is 5.24. The van der Waals surface area contributed by atoms with Crippen LogP contribution in [0.4, 0.5) is 0 Å². The summed E-state index contributed by atoms with van der Waals surface area (Å²) in [5, 5.41) is 0. The Bertz CT molecular complexity index is 675. The molecule has 4 rings (SSSR count). The maximum Gasteiger partial charge on any atom is 0.161 e. The Kier molecular flexibility index (Phi) is 4.07. The lowest BCUT2D eigenvalue weighted by Crippen LogP contribution is -2.42. The molecule has 2 atom stereocenters. The average molecular weight is 314 g/mol. The maximum atomic E-state index is 5.64. The number of aromatic nitrogens is 3.